The van der Waals surface area contributed by atoms with Crippen LogP contribution in [0.5, 0.6) is 0 Å². The number of ketones is 1. The van der Waals surface area contributed by atoms with Gasteiger partial charge < -0.3 is 4.79 Å². The van der Waals surface area contributed by atoms with Gasteiger partial charge in [0.15, 0.2) is 0 Å². The van der Waals surface area contributed by atoms with Gasteiger partial charge in [-0.2, -0.15) is 0 Å². The average Bonchev–Trinajstić information content (AvgIpc) is 2.49. The van der Waals surface area contributed by atoms with Crippen LogP contribution in [0, 0.1) is 5.82 Å². The molecule has 1 unspecified atom stereocenters. The predicted octanol–water partition coefficient (Wildman–Crippen LogP) is 6.56. The van der Waals surface area contributed by atoms with E-state index < -0.39 is 5.82 Å². The molecule has 0 aromatic heterocycles. The van der Waals surface area contributed by atoms with Crippen LogP contribution in [-0.4, -0.2) is 5.78 Å². The summed E-state index contributed by atoms with van der Waals surface area (Å²) in [6.07, 6.45) is 0.962. The summed E-state index contributed by atoms with van der Waals surface area (Å²) >= 11 is 12.0. The lowest BCUT2D eigenvalue weighted by Crippen LogP contribution is -2.10. The quantitative estimate of drug-likeness (QED) is 0.565. The summed E-state index contributed by atoms with van der Waals surface area (Å²) < 4.78 is 14.0. The number of carbonyl (C=O) groups excluding carboxylic acids is 1. The van der Waals surface area contributed by atoms with Crippen LogP contribution in [0.4, 0.5) is 4.39 Å². The molecule has 2 aromatic rings. The van der Waals surface area contributed by atoms with Gasteiger partial charge in [0.05, 0.1) is 5.02 Å². The van der Waals surface area contributed by atoms with Gasteiger partial charge in [-0.15, -0.1) is 0 Å². The van der Waals surface area contributed by atoms with Crippen molar-refractivity contribution in [3.05, 3.63) is 69.0 Å². The Balaban J connectivity index is 2.43. The van der Waals surface area contributed by atoms with Gasteiger partial charge in [-0.1, -0.05) is 49.2 Å². The van der Waals surface area contributed by atoms with E-state index in [1.807, 2.05) is 32.0 Å². The lowest BCUT2D eigenvalue weighted by molar-refractivity contribution is -0.117. The first-order valence-electron chi connectivity index (χ1n) is 8.00. The molecule has 1 atom stereocenters. The molecule has 0 aliphatic carbocycles. The minimum absolute atomic E-state index is 0.0423. The number of halogens is 3. The molecule has 24 heavy (non-hydrogen) atoms. The molecule has 0 saturated heterocycles. The van der Waals surface area contributed by atoms with E-state index in [4.69, 9.17) is 23.2 Å². The van der Waals surface area contributed by atoms with Gasteiger partial charge >= 0.3 is 0 Å². The normalized spacial score (nSPS) is 12.5. The summed E-state index contributed by atoms with van der Waals surface area (Å²) in [6, 6.07) is 10.7. The summed E-state index contributed by atoms with van der Waals surface area (Å²) in [5.74, 6) is -0.154. The van der Waals surface area contributed by atoms with E-state index in [9.17, 15) is 9.18 Å². The van der Waals surface area contributed by atoms with Gasteiger partial charge in [-0.3, -0.25) is 0 Å². The van der Waals surface area contributed by atoms with Crippen LogP contribution in [0.15, 0.2) is 36.4 Å². The highest BCUT2D eigenvalue weighted by molar-refractivity contribution is 6.31. The van der Waals surface area contributed by atoms with Gasteiger partial charge in [0.1, 0.15) is 11.6 Å². The van der Waals surface area contributed by atoms with Crippen LogP contribution in [-0.2, 0) is 11.2 Å². The van der Waals surface area contributed by atoms with E-state index in [0.29, 0.717) is 17.9 Å². The third-order valence-corrected chi connectivity index (χ3v) is 4.65. The molecule has 0 amide bonds. The van der Waals surface area contributed by atoms with Crippen LogP contribution in [0.3, 0.4) is 0 Å². The van der Waals surface area contributed by atoms with E-state index in [2.05, 4.69) is 0 Å². The monoisotopic (exact) mass is 366 g/mol. The SMILES string of the molecule is CC(=O)CC(Cc1cc(F)c(Cl)cc1C(C)C)c1cccc(Cl)c1. The van der Waals surface area contributed by atoms with Crippen molar-refractivity contribution >= 4 is 29.0 Å². The average molecular weight is 367 g/mol. The first-order valence-corrected chi connectivity index (χ1v) is 8.76. The Morgan fingerprint density at radius 1 is 1.17 bits per heavy atom. The Labute approximate surface area is 152 Å². The molecule has 4 heteroatoms. The molecule has 1 nitrogen and oxygen atoms in total. The van der Waals surface area contributed by atoms with E-state index in [0.717, 1.165) is 16.7 Å². The standard InChI is InChI=1S/C20H21Cl2FO/c1-12(2)18-11-19(22)20(23)10-16(18)8-15(7-13(3)24)14-5-4-6-17(21)9-14/h4-6,9-12,15H,7-8H2,1-3H3. The number of hydrogen-bond acceptors (Lipinski definition) is 1. The van der Waals surface area contributed by atoms with Crippen molar-refractivity contribution < 1.29 is 9.18 Å². The van der Waals surface area contributed by atoms with Gasteiger partial charge in [0.2, 0.25) is 0 Å². The zero-order valence-corrected chi connectivity index (χ0v) is 15.6. The molecule has 0 radical (unpaired) electrons. The molecule has 2 aromatic carbocycles. The minimum atomic E-state index is -0.427. The fourth-order valence-electron chi connectivity index (χ4n) is 3.00. The molecular weight excluding hydrogens is 346 g/mol. The highest BCUT2D eigenvalue weighted by Gasteiger charge is 2.19. The van der Waals surface area contributed by atoms with Crippen LogP contribution in [0.2, 0.25) is 10.0 Å². The summed E-state index contributed by atoms with van der Waals surface area (Å²) in [4.78, 5) is 11.7. The van der Waals surface area contributed by atoms with Gasteiger partial charge in [0.25, 0.3) is 0 Å². The number of hydrogen-bond donors (Lipinski definition) is 0. The molecule has 0 aliphatic heterocycles. The Kier molecular flexibility index (Phi) is 6.42. The lowest BCUT2D eigenvalue weighted by atomic mass is 9.84. The van der Waals surface area contributed by atoms with E-state index in [-0.39, 0.29) is 22.6 Å². The van der Waals surface area contributed by atoms with Crippen molar-refractivity contribution in [3.63, 3.8) is 0 Å². The molecule has 0 heterocycles. The van der Waals surface area contributed by atoms with E-state index in [1.165, 1.54) is 6.07 Å². The molecule has 0 saturated carbocycles. The molecule has 0 fully saturated rings. The summed E-state index contributed by atoms with van der Waals surface area (Å²) in [5, 5.41) is 0.765. The molecule has 128 valence electrons. The van der Waals surface area contributed by atoms with E-state index in [1.54, 1.807) is 19.1 Å². The van der Waals surface area contributed by atoms with Gasteiger partial charge in [-0.25, -0.2) is 4.39 Å². The molecule has 0 aliphatic rings. The topological polar surface area (TPSA) is 17.1 Å². The number of Topliss-reactive ketones (excluding diaryl/α,β-unsaturated/α-hetero) is 1. The molecular formula is C20H21Cl2FO. The summed E-state index contributed by atoms with van der Waals surface area (Å²) in [7, 11) is 0. The van der Waals surface area contributed by atoms with Crippen LogP contribution >= 0.6 is 23.2 Å². The van der Waals surface area contributed by atoms with Crippen molar-refractivity contribution in [2.75, 3.05) is 0 Å². The maximum atomic E-state index is 14.0. The molecule has 2 rings (SSSR count). The molecule has 0 N–H and O–H groups in total. The molecule has 0 bridgehead atoms. The Morgan fingerprint density at radius 3 is 2.46 bits per heavy atom. The van der Waals surface area contributed by atoms with Gasteiger partial charge in [-0.05, 0) is 66.1 Å². The van der Waals surface area contributed by atoms with Crippen LogP contribution in [0.25, 0.3) is 0 Å². The van der Waals surface area contributed by atoms with Crippen LogP contribution < -0.4 is 0 Å². The van der Waals surface area contributed by atoms with Crippen molar-refractivity contribution in [1.29, 1.82) is 0 Å². The Morgan fingerprint density at radius 2 is 1.88 bits per heavy atom. The fraction of sp³-hybridized carbons (Fsp3) is 0.350. The highest BCUT2D eigenvalue weighted by atomic mass is 35.5. The van der Waals surface area contributed by atoms with Crippen LogP contribution in [0.1, 0.15) is 55.7 Å². The van der Waals surface area contributed by atoms with Crippen molar-refractivity contribution in [3.8, 4) is 0 Å². The minimum Gasteiger partial charge on any atom is -0.300 e. The fourth-order valence-corrected chi connectivity index (χ4v) is 3.37. The number of rotatable bonds is 6. The molecule has 0 spiro atoms. The smallest absolute Gasteiger partial charge is 0.142 e. The Bertz CT molecular complexity index is 740. The predicted molar refractivity (Wildman–Crippen MR) is 98.7 cm³/mol. The largest absolute Gasteiger partial charge is 0.300 e. The van der Waals surface area contributed by atoms with Crippen molar-refractivity contribution in [1.82, 2.24) is 0 Å². The zero-order chi connectivity index (χ0) is 17.9. The Hall–Kier alpha value is -1.38. The number of benzene rings is 2. The first-order chi connectivity index (χ1) is 11.3. The maximum Gasteiger partial charge on any atom is 0.142 e. The summed E-state index contributed by atoms with van der Waals surface area (Å²) in [5.41, 5.74) is 2.89. The number of carbonyl (C=O) groups is 1. The van der Waals surface area contributed by atoms with Gasteiger partial charge in [0, 0.05) is 11.4 Å². The second-order valence-corrected chi connectivity index (χ2v) is 7.33. The third kappa shape index (κ3) is 4.81. The zero-order valence-electron chi connectivity index (χ0n) is 14.1. The summed E-state index contributed by atoms with van der Waals surface area (Å²) in [6.45, 7) is 5.67. The van der Waals surface area contributed by atoms with Crippen molar-refractivity contribution in [2.24, 2.45) is 0 Å². The third-order valence-electron chi connectivity index (χ3n) is 4.12. The van der Waals surface area contributed by atoms with Crippen molar-refractivity contribution in [2.45, 2.75) is 45.4 Å². The first kappa shape index (κ1) is 19.0. The maximum absolute atomic E-state index is 14.0. The second kappa shape index (κ2) is 8.13. The highest BCUT2D eigenvalue weighted by Crippen LogP contribution is 2.32. The lowest BCUT2D eigenvalue weighted by Gasteiger charge is -2.20. The second-order valence-electron chi connectivity index (χ2n) is 6.48. The van der Waals surface area contributed by atoms with E-state index >= 15 is 0 Å².